The molecule has 3 rings (SSSR count). The van der Waals surface area contributed by atoms with Crippen LogP contribution in [0.4, 0.5) is 0 Å². The van der Waals surface area contributed by atoms with Crippen LogP contribution in [-0.4, -0.2) is 17.4 Å². The number of hydrogen-bond acceptors (Lipinski definition) is 4. The summed E-state index contributed by atoms with van der Waals surface area (Å²) in [6, 6.07) is 11.8. The molecule has 0 aliphatic heterocycles. The molecule has 3 aromatic rings. The lowest BCUT2D eigenvalue weighted by Gasteiger charge is -2.00. The first-order valence-electron chi connectivity index (χ1n) is 5.99. The molecule has 0 spiro atoms. The molecule has 0 unspecified atom stereocenters. The Kier molecular flexibility index (Phi) is 3.57. The zero-order valence-electron chi connectivity index (χ0n) is 10.1. The molecular weight excluding hydrogens is 276 g/mol. The van der Waals surface area contributed by atoms with Crippen molar-refractivity contribution in [1.82, 2.24) is 10.3 Å². The van der Waals surface area contributed by atoms with Crippen molar-refractivity contribution in [1.29, 1.82) is 0 Å². The number of fused-ring (bicyclic) bond motifs is 1. The van der Waals surface area contributed by atoms with Crippen LogP contribution in [0.15, 0.2) is 41.8 Å². The van der Waals surface area contributed by atoms with E-state index in [1.165, 1.54) is 16.0 Å². The van der Waals surface area contributed by atoms with E-state index in [9.17, 15) is 4.79 Å². The Bertz CT molecular complexity index is 655. The van der Waals surface area contributed by atoms with E-state index in [4.69, 9.17) is 0 Å². The highest BCUT2D eigenvalue weighted by Gasteiger charge is 2.07. The number of thiophene rings is 1. The van der Waals surface area contributed by atoms with Gasteiger partial charge in [-0.05, 0) is 23.6 Å². The van der Waals surface area contributed by atoms with Crippen molar-refractivity contribution >= 4 is 38.8 Å². The molecule has 1 N–H and O–H groups in total. The molecule has 5 heteroatoms. The van der Waals surface area contributed by atoms with Gasteiger partial charge < -0.3 is 5.32 Å². The number of nitrogens with zero attached hydrogens (tertiary/aromatic N) is 1. The van der Waals surface area contributed by atoms with Crippen molar-refractivity contribution in [2.45, 2.75) is 6.42 Å². The highest BCUT2D eigenvalue weighted by Crippen LogP contribution is 2.21. The third-order valence-corrected chi connectivity index (χ3v) is 4.67. The maximum absolute atomic E-state index is 11.8. The molecule has 0 fully saturated rings. The number of rotatable bonds is 4. The summed E-state index contributed by atoms with van der Waals surface area (Å²) in [5, 5.41) is 5.88. The number of nitrogens with one attached hydrogen (secondary N) is 1. The van der Waals surface area contributed by atoms with Gasteiger partial charge in [-0.15, -0.1) is 22.7 Å². The summed E-state index contributed by atoms with van der Waals surface area (Å²) in [5.74, 6) is -0.00360. The highest BCUT2D eigenvalue weighted by atomic mass is 32.1. The molecule has 0 aliphatic rings. The van der Waals surface area contributed by atoms with Gasteiger partial charge in [-0.1, -0.05) is 18.2 Å². The van der Waals surface area contributed by atoms with Crippen LogP contribution in [0.1, 0.15) is 14.7 Å². The molecule has 0 aliphatic carbocycles. The van der Waals surface area contributed by atoms with Crippen molar-refractivity contribution in [3.8, 4) is 0 Å². The van der Waals surface area contributed by atoms with Gasteiger partial charge in [0.15, 0.2) is 0 Å². The molecule has 3 nitrogen and oxygen atoms in total. The Labute approximate surface area is 118 Å². The van der Waals surface area contributed by atoms with E-state index in [1.807, 2.05) is 35.7 Å². The molecule has 0 bridgehead atoms. The first kappa shape index (κ1) is 12.3. The number of aromatic nitrogens is 1. The lowest BCUT2D eigenvalue weighted by molar-refractivity contribution is 0.0958. The van der Waals surface area contributed by atoms with Crippen LogP contribution in [0.5, 0.6) is 0 Å². The molecular formula is C14H12N2OS2. The molecule has 0 atom stereocenters. The number of benzene rings is 1. The zero-order chi connectivity index (χ0) is 13.1. The molecule has 1 aromatic carbocycles. The Balaban J connectivity index is 1.59. The maximum Gasteiger partial charge on any atom is 0.261 e. The van der Waals surface area contributed by atoms with Gasteiger partial charge in [0, 0.05) is 13.0 Å². The topological polar surface area (TPSA) is 42.0 Å². The lowest BCUT2D eigenvalue weighted by Crippen LogP contribution is -2.24. The molecule has 0 saturated carbocycles. The summed E-state index contributed by atoms with van der Waals surface area (Å²) in [6.07, 6.45) is 0.774. The van der Waals surface area contributed by atoms with E-state index in [0.717, 1.165) is 21.8 Å². The molecule has 96 valence electrons. The van der Waals surface area contributed by atoms with Gasteiger partial charge in [0.2, 0.25) is 0 Å². The second kappa shape index (κ2) is 5.50. The van der Waals surface area contributed by atoms with Gasteiger partial charge in [-0.2, -0.15) is 0 Å². The fourth-order valence-corrected chi connectivity index (χ4v) is 3.41. The lowest BCUT2D eigenvalue weighted by atomic mass is 10.3. The van der Waals surface area contributed by atoms with Gasteiger partial charge in [-0.3, -0.25) is 4.79 Å². The quantitative estimate of drug-likeness (QED) is 0.800. The summed E-state index contributed by atoms with van der Waals surface area (Å²) < 4.78 is 1.20. The van der Waals surface area contributed by atoms with Gasteiger partial charge in [-0.25, -0.2) is 4.98 Å². The predicted octanol–water partition coefficient (Wildman–Crippen LogP) is 3.33. The second-order valence-corrected chi connectivity index (χ2v) is 6.12. The Hall–Kier alpha value is -1.72. The molecule has 1 amide bonds. The number of thiazole rings is 1. The van der Waals surface area contributed by atoms with Crippen molar-refractivity contribution < 1.29 is 4.79 Å². The minimum atomic E-state index is -0.00360. The van der Waals surface area contributed by atoms with Crippen LogP contribution < -0.4 is 5.32 Å². The fourth-order valence-electron chi connectivity index (χ4n) is 1.80. The summed E-state index contributed by atoms with van der Waals surface area (Å²) in [6.45, 7) is 0.622. The standard InChI is InChI=1S/C14H12N2OS2/c17-14(12-6-3-9-18-12)15-8-7-13-16-10-4-1-2-5-11(10)19-13/h1-6,9H,7-8H2,(H,15,17). The number of hydrogen-bond donors (Lipinski definition) is 1. The van der Waals surface area contributed by atoms with Crippen LogP contribution in [0.3, 0.4) is 0 Å². The third kappa shape index (κ3) is 2.83. The minimum absolute atomic E-state index is 0.00360. The van der Waals surface area contributed by atoms with Crippen LogP contribution in [0.25, 0.3) is 10.2 Å². The largest absolute Gasteiger partial charge is 0.351 e. The number of carbonyl (C=O) groups is 1. The summed E-state index contributed by atoms with van der Waals surface area (Å²) in [7, 11) is 0. The summed E-state index contributed by atoms with van der Waals surface area (Å²) >= 11 is 3.14. The SMILES string of the molecule is O=C(NCCc1nc2ccccc2s1)c1cccs1. The summed E-state index contributed by atoms with van der Waals surface area (Å²) in [5.41, 5.74) is 1.03. The van der Waals surface area contributed by atoms with Crippen LogP contribution in [0.2, 0.25) is 0 Å². The molecule has 0 saturated heterocycles. The highest BCUT2D eigenvalue weighted by molar-refractivity contribution is 7.18. The van der Waals surface area contributed by atoms with Crippen molar-refractivity contribution in [3.05, 3.63) is 51.7 Å². The molecule has 19 heavy (non-hydrogen) atoms. The monoisotopic (exact) mass is 288 g/mol. The van der Waals surface area contributed by atoms with Crippen molar-refractivity contribution in [3.63, 3.8) is 0 Å². The number of carbonyl (C=O) groups excluding carboxylic acids is 1. The van der Waals surface area contributed by atoms with Gasteiger partial charge in [0.1, 0.15) is 0 Å². The van der Waals surface area contributed by atoms with Crippen LogP contribution in [-0.2, 0) is 6.42 Å². The minimum Gasteiger partial charge on any atom is -0.351 e. The zero-order valence-corrected chi connectivity index (χ0v) is 11.8. The van der Waals surface area contributed by atoms with Gasteiger partial charge in [0.05, 0.1) is 20.1 Å². The van der Waals surface area contributed by atoms with E-state index >= 15 is 0 Å². The Morgan fingerprint density at radius 1 is 1.21 bits per heavy atom. The van der Waals surface area contributed by atoms with E-state index in [2.05, 4.69) is 16.4 Å². The second-order valence-electron chi connectivity index (χ2n) is 4.06. The van der Waals surface area contributed by atoms with Crippen molar-refractivity contribution in [2.24, 2.45) is 0 Å². The number of para-hydroxylation sites is 1. The Morgan fingerprint density at radius 3 is 2.89 bits per heavy atom. The van der Waals surface area contributed by atoms with Crippen molar-refractivity contribution in [2.75, 3.05) is 6.54 Å². The van der Waals surface area contributed by atoms with Gasteiger partial charge in [0.25, 0.3) is 5.91 Å². The average Bonchev–Trinajstić information content (AvgIpc) is 3.07. The fraction of sp³-hybridized carbons (Fsp3) is 0.143. The first-order chi connectivity index (χ1) is 9.33. The maximum atomic E-state index is 11.8. The molecule has 2 aromatic heterocycles. The molecule has 0 radical (unpaired) electrons. The van der Waals surface area contributed by atoms with Gasteiger partial charge >= 0.3 is 0 Å². The predicted molar refractivity (Wildman–Crippen MR) is 80.0 cm³/mol. The van der Waals surface area contributed by atoms with Crippen LogP contribution >= 0.6 is 22.7 Å². The van der Waals surface area contributed by atoms with E-state index < -0.39 is 0 Å². The number of amides is 1. The first-order valence-corrected chi connectivity index (χ1v) is 7.69. The Morgan fingerprint density at radius 2 is 2.11 bits per heavy atom. The third-order valence-electron chi connectivity index (χ3n) is 2.71. The smallest absolute Gasteiger partial charge is 0.261 e. The van der Waals surface area contributed by atoms with E-state index in [-0.39, 0.29) is 5.91 Å². The van der Waals surface area contributed by atoms with Crippen LogP contribution in [0, 0.1) is 0 Å². The summed E-state index contributed by atoms with van der Waals surface area (Å²) in [4.78, 5) is 17.0. The molecule has 2 heterocycles. The average molecular weight is 288 g/mol. The normalized spacial score (nSPS) is 10.7. The van der Waals surface area contributed by atoms with E-state index in [0.29, 0.717) is 6.54 Å². The van der Waals surface area contributed by atoms with E-state index in [1.54, 1.807) is 11.3 Å².